The maximum absolute atomic E-state index is 5.64. The first kappa shape index (κ1) is 14.3. The number of unbranched alkanes of at least 4 members (excludes halogenated alkanes) is 1. The lowest BCUT2D eigenvalue weighted by molar-refractivity contribution is 0.748. The highest BCUT2D eigenvalue weighted by atomic mass is 32.1. The summed E-state index contributed by atoms with van der Waals surface area (Å²) in [5.41, 5.74) is 12.1. The van der Waals surface area contributed by atoms with Crippen molar-refractivity contribution < 1.29 is 0 Å². The molecule has 0 saturated heterocycles. The molecule has 21 heavy (non-hydrogen) atoms. The zero-order chi connectivity index (χ0) is 14.8. The van der Waals surface area contributed by atoms with Crippen LogP contribution < -0.4 is 5.73 Å². The highest BCUT2D eigenvalue weighted by Gasteiger charge is 2.16. The molecule has 3 nitrogen and oxygen atoms in total. The van der Waals surface area contributed by atoms with Crippen molar-refractivity contribution in [3.8, 4) is 10.7 Å². The molecule has 0 aliphatic rings. The largest absolute Gasteiger partial charge is 0.352 e. The molecule has 2 heterocycles. The molecule has 0 bridgehead atoms. The standard InChI is InChI=1S/C17H21N3S/c1-11-6-7-14-13(5-3-4-8-18)16(17-19-9-10-21-17)20-15(14)12(11)2/h6-7,9-10,20H,3-5,8,18H2,1-2H3. The Bertz CT molecular complexity index is 741. The molecule has 3 rings (SSSR count). The SMILES string of the molecule is Cc1ccc2c(CCCCN)c(-c3nccs3)[nH]c2c1C. The van der Waals surface area contributed by atoms with E-state index < -0.39 is 0 Å². The maximum Gasteiger partial charge on any atom is 0.139 e. The van der Waals surface area contributed by atoms with Gasteiger partial charge in [-0.25, -0.2) is 4.98 Å². The number of aromatic nitrogens is 2. The molecule has 0 amide bonds. The Morgan fingerprint density at radius 3 is 2.81 bits per heavy atom. The van der Waals surface area contributed by atoms with Crippen molar-refractivity contribution in [2.24, 2.45) is 5.73 Å². The molecule has 4 heteroatoms. The van der Waals surface area contributed by atoms with Gasteiger partial charge in [-0.3, -0.25) is 0 Å². The quantitative estimate of drug-likeness (QED) is 0.694. The number of nitrogens with two attached hydrogens (primary N) is 1. The predicted molar refractivity (Wildman–Crippen MR) is 90.9 cm³/mol. The topological polar surface area (TPSA) is 54.7 Å². The summed E-state index contributed by atoms with van der Waals surface area (Å²) < 4.78 is 0. The Kier molecular flexibility index (Phi) is 4.08. The monoisotopic (exact) mass is 299 g/mol. The van der Waals surface area contributed by atoms with Gasteiger partial charge in [0.1, 0.15) is 5.01 Å². The fourth-order valence-electron chi connectivity index (χ4n) is 2.80. The third-order valence-corrected chi connectivity index (χ3v) is 4.93. The number of nitrogens with zero attached hydrogens (tertiary/aromatic N) is 1. The Labute approximate surface area is 129 Å². The van der Waals surface area contributed by atoms with Gasteiger partial charge in [-0.2, -0.15) is 0 Å². The Morgan fingerprint density at radius 2 is 2.10 bits per heavy atom. The van der Waals surface area contributed by atoms with Crippen LogP contribution in [0.5, 0.6) is 0 Å². The number of hydrogen-bond acceptors (Lipinski definition) is 3. The van der Waals surface area contributed by atoms with Crippen LogP contribution in [-0.4, -0.2) is 16.5 Å². The minimum absolute atomic E-state index is 0.757. The number of nitrogens with one attached hydrogen (secondary N) is 1. The summed E-state index contributed by atoms with van der Waals surface area (Å²) in [7, 11) is 0. The van der Waals surface area contributed by atoms with Crippen LogP contribution in [0.15, 0.2) is 23.7 Å². The second-order valence-corrected chi connectivity index (χ2v) is 6.39. The van der Waals surface area contributed by atoms with E-state index in [1.807, 2.05) is 11.6 Å². The number of aromatic amines is 1. The molecule has 0 radical (unpaired) electrons. The zero-order valence-electron chi connectivity index (χ0n) is 12.6. The van der Waals surface area contributed by atoms with Gasteiger partial charge < -0.3 is 10.7 Å². The van der Waals surface area contributed by atoms with E-state index in [1.54, 1.807) is 11.3 Å². The summed E-state index contributed by atoms with van der Waals surface area (Å²) in [6, 6.07) is 4.45. The molecular formula is C17H21N3S. The second-order valence-electron chi connectivity index (χ2n) is 5.49. The molecule has 0 aliphatic carbocycles. The van der Waals surface area contributed by atoms with Gasteiger partial charge in [0.25, 0.3) is 0 Å². The average molecular weight is 299 g/mol. The van der Waals surface area contributed by atoms with Gasteiger partial charge in [0, 0.05) is 22.5 Å². The van der Waals surface area contributed by atoms with Gasteiger partial charge in [0.2, 0.25) is 0 Å². The molecule has 0 aliphatic heterocycles. The third kappa shape index (κ3) is 2.61. The van der Waals surface area contributed by atoms with Gasteiger partial charge in [-0.05, 0) is 56.3 Å². The number of hydrogen-bond donors (Lipinski definition) is 2. The number of rotatable bonds is 5. The van der Waals surface area contributed by atoms with E-state index in [9.17, 15) is 0 Å². The van der Waals surface area contributed by atoms with Crippen molar-refractivity contribution in [3.05, 3.63) is 40.4 Å². The molecule has 0 unspecified atom stereocenters. The van der Waals surface area contributed by atoms with E-state index in [4.69, 9.17) is 5.73 Å². The van der Waals surface area contributed by atoms with Gasteiger partial charge in [-0.15, -0.1) is 11.3 Å². The van der Waals surface area contributed by atoms with E-state index in [0.29, 0.717) is 0 Å². The van der Waals surface area contributed by atoms with Gasteiger partial charge in [0.15, 0.2) is 0 Å². The van der Waals surface area contributed by atoms with Gasteiger partial charge in [-0.1, -0.05) is 12.1 Å². The lowest BCUT2D eigenvalue weighted by atomic mass is 10.0. The van der Waals surface area contributed by atoms with Crippen molar-refractivity contribution in [1.29, 1.82) is 0 Å². The normalized spacial score (nSPS) is 11.4. The zero-order valence-corrected chi connectivity index (χ0v) is 13.4. The summed E-state index contributed by atoms with van der Waals surface area (Å²) in [4.78, 5) is 8.10. The maximum atomic E-state index is 5.64. The molecule has 0 saturated carbocycles. The molecule has 2 aromatic heterocycles. The van der Waals surface area contributed by atoms with E-state index in [1.165, 1.54) is 33.3 Å². The summed E-state index contributed by atoms with van der Waals surface area (Å²) in [6.45, 7) is 5.10. The molecule has 1 aromatic carbocycles. The third-order valence-electron chi connectivity index (χ3n) is 4.14. The Morgan fingerprint density at radius 1 is 1.24 bits per heavy atom. The molecular weight excluding hydrogens is 278 g/mol. The minimum atomic E-state index is 0.757. The highest BCUT2D eigenvalue weighted by Crippen LogP contribution is 2.34. The molecule has 0 fully saturated rings. The van der Waals surface area contributed by atoms with Crippen LogP contribution in [0, 0.1) is 13.8 Å². The molecule has 3 aromatic rings. The molecule has 0 atom stereocenters. The van der Waals surface area contributed by atoms with Crippen molar-refractivity contribution in [1.82, 2.24) is 9.97 Å². The van der Waals surface area contributed by atoms with Crippen molar-refractivity contribution in [3.63, 3.8) is 0 Å². The Hall–Kier alpha value is -1.65. The van der Waals surface area contributed by atoms with Crippen LogP contribution in [0.1, 0.15) is 29.5 Å². The number of benzene rings is 1. The van der Waals surface area contributed by atoms with E-state index in [2.05, 4.69) is 35.9 Å². The number of fused-ring (bicyclic) bond motifs is 1. The van der Waals surface area contributed by atoms with Crippen LogP contribution >= 0.6 is 11.3 Å². The summed E-state index contributed by atoms with van der Waals surface area (Å²) in [5, 5.41) is 4.44. The molecule has 0 spiro atoms. The number of H-pyrrole nitrogens is 1. The van der Waals surface area contributed by atoms with E-state index in [-0.39, 0.29) is 0 Å². The summed E-state index contributed by atoms with van der Waals surface area (Å²) >= 11 is 1.69. The fraction of sp³-hybridized carbons (Fsp3) is 0.353. The molecule has 110 valence electrons. The van der Waals surface area contributed by atoms with Crippen LogP contribution in [-0.2, 0) is 6.42 Å². The fourth-order valence-corrected chi connectivity index (χ4v) is 3.46. The van der Waals surface area contributed by atoms with Crippen LogP contribution in [0.2, 0.25) is 0 Å². The lowest BCUT2D eigenvalue weighted by Gasteiger charge is -2.04. The number of aryl methyl sites for hydroxylation is 3. The van der Waals surface area contributed by atoms with E-state index in [0.717, 1.165) is 30.8 Å². The second kappa shape index (κ2) is 6.00. The smallest absolute Gasteiger partial charge is 0.139 e. The average Bonchev–Trinajstić information content (AvgIpc) is 3.11. The van der Waals surface area contributed by atoms with Crippen LogP contribution in [0.4, 0.5) is 0 Å². The summed E-state index contributed by atoms with van der Waals surface area (Å²) in [6.07, 6.45) is 5.10. The summed E-state index contributed by atoms with van der Waals surface area (Å²) in [5.74, 6) is 0. The van der Waals surface area contributed by atoms with Crippen molar-refractivity contribution >= 4 is 22.2 Å². The first-order valence-corrected chi connectivity index (χ1v) is 8.31. The highest BCUT2D eigenvalue weighted by molar-refractivity contribution is 7.13. The molecule has 3 N–H and O–H groups in total. The van der Waals surface area contributed by atoms with Crippen LogP contribution in [0.3, 0.4) is 0 Å². The first-order valence-electron chi connectivity index (χ1n) is 7.43. The first-order chi connectivity index (χ1) is 10.2. The lowest BCUT2D eigenvalue weighted by Crippen LogP contribution is -1.99. The van der Waals surface area contributed by atoms with E-state index >= 15 is 0 Å². The minimum Gasteiger partial charge on any atom is -0.352 e. The van der Waals surface area contributed by atoms with Gasteiger partial charge >= 0.3 is 0 Å². The van der Waals surface area contributed by atoms with Crippen LogP contribution in [0.25, 0.3) is 21.6 Å². The van der Waals surface area contributed by atoms with Crippen molar-refractivity contribution in [2.75, 3.05) is 6.54 Å². The number of thiazole rings is 1. The Balaban J connectivity index is 2.15. The van der Waals surface area contributed by atoms with Gasteiger partial charge in [0.05, 0.1) is 5.69 Å². The predicted octanol–water partition coefficient (Wildman–Crippen LogP) is 4.19. The van der Waals surface area contributed by atoms with Crippen molar-refractivity contribution in [2.45, 2.75) is 33.1 Å².